The summed E-state index contributed by atoms with van der Waals surface area (Å²) in [6.45, 7) is 7.57. The van der Waals surface area contributed by atoms with Crippen molar-refractivity contribution in [3.63, 3.8) is 0 Å². The molecule has 13 heteroatoms. The molecule has 0 aliphatic carbocycles. The van der Waals surface area contributed by atoms with Crippen LogP contribution >= 0.6 is 0 Å². The van der Waals surface area contributed by atoms with E-state index in [0.717, 1.165) is 9.80 Å². The minimum Gasteiger partial charge on any atom is -0.340 e. The first kappa shape index (κ1) is 34.8. The zero-order valence-electron chi connectivity index (χ0n) is 25.7. The molecule has 4 N–H and O–H groups in total. The fraction of sp³-hybridized carbons (Fsp3) is 0.387. The molecule has 13 nitrogen and oxygen atoms in total. The van der Waals surface area contributed by atoms with Crippen LogP contribution in [0.3, 0.4) is 0 Å². The SMILES string of the molecule is CC(C)CC(NC(=O)c1cccc(NC(=O)Nc2cccc(C(=O)NC(CC(C)C)C(=O)N(C)C#N)c2)c1)C(=O)N(C)C#N. The first-order valence-corrected chi connectivity index (χ1v) is 14.0. The number of anilines is 2. The lowest BCUT2D eigenvalue weighted by Gasteiger charge is -2.22. The second kappa shape index (κ2) is 16.3. The lowest BCUT2D eigenvalue weighted by atomic mass is 10.0. The predicted octanol–water partition coefficient (Wildman–Crippen LogP) is 3.50. The lowest BCUT2D eigenvalue weighted by Crippen LogP contribution is -2.46. The van der Waals surface area contributed by atoms with E-state index in [9.17, 15) is 24.0 Å². The molecule has 0 saturated carbocycles. The maximum Gasteiger partial charge on any atom is 0.323 e. The average molecular weight is 603 g/mol. The van der Waals surface area contributed by atoms with E-state index in [1.165, 1.54) is 38.4 Å². The molecule has 0 radical (unpaired) electrons. The van der Waals surface area contributed by atoms with Gasteiger partial charge in [0, 0.05) is 36.6 Å². The Morgan fingerprint density at radius 3 is 1.36 bits per heavy atom. The molecule has 0 aliphatic rings. The van der Waals surface area contributed by atoms with Gasteiger partial charge in [-0.15, -0.1) is 0 Å². The summed E-state index contributed by atoms with van der Waals surface area (Å²) in [6.07, 6.45) is 4.16. The van der Waals surface area contributed by atoms with E-state index in [0.29, 0.717) is 24.2 Å². The summed E-state index contributed by atoms with van der Waals surface area (Å²) >= 11 is 0. The third-order valence-electron chi connectivity index (χ3n) is 6.35. The highest BCUT2D eigenvalue weighted by Gasteiger charge is 2.27. The molecule has 0 spiro atoms. The topological polar surface area (TPSA) is 188 Å². The van der Waals surface area contributed by atoms with Crippen molar-refractivity contribution in [2.24, 2.45) is 11.8 Å². The quantitative estimate of drug-likeness (QED) is 0.211. The first-order valence-electron chi connectivity index (χ1n) is 14.0. The Balaban J connectivity index is 2.11. The van der Waals surface area contributed by atoms with Crippen molar-refractivity contribution in [2.75, 3.05) is 24.7 Å². The third-order valence-corrected chi connectivity index (χ3v) is 6.35. The second-order valence-electron chi connectivity index (χ2n) is 11.0. The number of amides is 6. The van der Waals surface area contributed by atoms with Crippen LogP contribution in [0.4, 0.5) is 16.2 Å². The Bertz CT molecular complexity index is 1350. The van der Waals surface area contributed by atoms with Crippen molar-refractivity contribution in [2.45, 2.75) is 52.6 Å². The number of carbonyl (C=O) groups excluding carboxylic acids is 5. The molecule has 232 valence electrons. The van der Waals surface area contributed by atoms with Gasteiger partial charge in [0.25, 0.3) is 23.6 Å². The molecular formula is C31H38N8O5. The van der Waals surface area contributed by atoms with Crippen LogP contribution in [0.25, 0.3) is 0 Å². The van der Waals surface area contributed by atoms with Gasteiger partial charge < -0.3 is 21.3 Å². The van der Waals surface area contributed by atoms with Crippen molar-refractivity contribution in [1.29, 1.82) is 10.5 Å². The number of carbonyl (C=O) groups is 5. The number of benzene rings is 2. The largest absolute Gasteiger partial charge is 0.340 e. The molecule has 0 saturated heterocycles. The van der Waals surface area contributed by atoms with Crippen molar-refractivity contribution in [1.82, 2.24) is 20.4 Å². The number of hydrogen-bond acceptors (Lipinski definition) is 7. The number of nitrogens with zero attached hydrogens (tertiary/aromatic N) is 4. The van der Waals surface area contributed by atoms with Gasteiger partial charge in [0.2, 0.25) is 0 Å². The van der Waals surface area contributed by atoms with Gasteiger partial charge in [-0.2, -0.15) is 10.5 Å². The van der Waals surface area contributed by atoms with Crippen LogP contribution in [0.15, 0.2) is 48.5 Å². The van der Waals surface area contributed by atoms with Gasteiger partial charge in [-0.25, -0.2) is 4.79 Å². The average Bonchev–Trinajstić information content (AvgIpc) is 2.98. The van der Waals surface area contributed by atoms with Crippen LogP contribution in [-0.2, 0) is 9.59 Å². The molecule has 0 aliphatic heterocycles. The molecule has 2 rings (SSSR count). The van der Waals surface area contributed by atoms with Gasteiger partial charge in [-0.3, -0.25) is 29.0 Å². The fourth-order valence-corrected chi connectivity index (χ4v) is 4.20. The molecule has 0 heterocycles. The second-order valence-corrected chi connectivity index (χ2v) is 11.0. The van der Waals surface area contributed by atoms with E-state index >= 15 is 0 Å². The molecule has 0 fully saturated rings. The molecule has 2 atom stereocenters. The smallest absolute Gasteiger partial charge is 0.323 e. The van der Waals surface area contributed by atoms with Gasteiger partial charge in [-0.1, -0.05) is 39.8 Å². The Morgan fingerprint density at radius 1 is 0.682 bits per heavy atom. The zero-order chi connectivity index (χ0) is 33.0. The minimum atomic E-state index is -0.900. The van der Waals surface area contributed by atoms with Crippen LogP contribution in [0.2, 0.25) is 0 Å². The summed E-state index contributed by atoms with van der Waals surface area (Å²) in [6, 6.07) is 9.76. The van der Waals surface area contributed by atoms with Crippen molar-refractivity contribution in [3.05, 3.63) is 59.7 Å². The highest BCUT2D eigenvalue weighted by molar-refractivity contribution is 6.03. The van der Waals surface area contributed by atoms with Crippen molar-refractivity contribution >= 4 is 41.0 Å². The van der Waals surface area contributed by atoms with Gasteiger partial charge in [-0.05, 0) is 61.1 Å². The fourth-order valence-electron chi connectivity index (χ4n) is 4.20. The summed E-state index contributed by atoms with van der Waals surface area (Å²) < 4.78 is 0. The standard InChI is InChI=1S/C31H38N8O5/c1-19(2)13-25(29(42)38(5)17-32)36-27(40)21-9-7-11-23(15-21)34-31(44)35-24-12-8-10-22(16-24)28(41)37-26(14-20(3)4)30(43)39(6)18-33/h7-12,15-16,19-20,25-26H,13-14H2,1-6H3,(H,36,40)(H,37,41)(H2,34,35,44). The highest BCUT2D eigenvalue weighted by Crippen LogP contribution is 2.16. The molecule has 2 aromatic carbocycles. The molecule has 0 aromatic heterocycles. The predicted molar refractivity (Wildman–Crippen MR) is 164 cm³/mol. The number of rotatable bonds is 12. The monoisotopic (exact) mass is 602 g/mol. The Hall–Kier alpha value is -5.43. The molecule has 0 bridgehead atoms. The lowest BCUT2D eigenvalue weighted by molar-refractivity contribution is -0.130. The first-order chi connectivity index (χ1) is 20.7. The summed E-state index contributed by atoms with van der Waals surface area (Å²) in [4.78, 5) is 65.5. The van der Waals surface area contributed by atoms with Crippen LogP contribution in [0.5, 0.6) is 0 Å². The maximum atomic E-state index is 12.9. The van der Waals surface area contributed by atoms with Crippen LogP contribution < -0.4 is 21.3 Å². The normalized spacial score (nSPS) is 11.8. The number of nitriles is 2. The number of likely N-dealkylation sites (N-methyl/N-ethyl adjacent to an activating group) is 2. The van der Waals surface area contributed by atoms with Crippen molar-refractivity contribution in [3.8, 4) is 12.4 Å². The number of nitrogens with one attached hydrogen (secondary N) is 4. The van der Waals surface area contributed by atoms with Crippen LogP contribution in [0.1, 0.15) is 61.3 Å². The molecule has 6 amide bonds. The summed E-state index contributed by atoms with van der Waals surface area (Å²) in [7, 11) is 2.65. The highest BCUT2D eigenvalue weighted by atomic mass is 16.2. The van der Waals surface area contributed by atoms with E-state index in [2.05, 4.69) is 21.3 Å². The zero-order valence-corrected chi connectivity index (χ0v) is 25.7. The van der Waals surface area contributed by atoms with E-state index in [4.69, 9.17) is 10.5 Å². The molecule has 2 aromatic rings. The van der Waals surface area contributed by atoms with Gasteiger partial charge in [0.05, 0.1) is 0 Å². The summed E-state index contributed by atoms with van der Waals surface area (Å²) in [5.41, 5.74) is 0.966. The van der Waals surface area contributed by atoms with E-state index in [1.54, 1.807) is 36.7 Å². The van der Waals surface area contributed by atoms with Gasteiger partial charge in [0.1, 0.15) is 12.1 Å². The Morgan fingerprint density at radius 2 is 1.05 bits per heavy atom. The number of urea groups is 1. The minimum absolute atomic E-state index is 0.0758. The molecular weight excluding hydrogens is 564 g/mol. The maximum absolute atomic E-state index is 12.9. The summed E-state index contributed by atoms with van der Waals surface area (Å²) in [5.74, 6) is -2.01. The Kier molecular flexibility index (Phi) is 12.9. The molecule has 2 unspecified atom stereocenters. The van der Waals surface area contributed by atoms with Gasteiger partial charge in [0.15, 0.2) is 12.4 Å². The van der Waals surface area contributed by atoms with Gasteiger partial charge >= 0.3 is 6.03 Å². The summed E-state index contributed by atoms with van der Waals surface area (Å²) in [5, 5.41) is 28.7. The number of hydrogen-bond donors (Lipinski definition) is 4. The van der Waals surface area contributed by atoms with E-state index in [1.807, 2.05) is 27.7 Å². The third kappa shape index (κ3) is 10.4. The van der Waals surface area contributed by atoms with Crippen LogP contribution in [-0.4, -0.2) is 65.6 Å². The van der Waals surface area contributed by atoms with Crippen LogP contribution in [0, 0.1) is 34.7 Å². The van der Waals surface area contributed by atoms with E-state index < -0.39 is 41.7 Å². The Labute approximate surface area is 257 Å². The van der Waals surface area contributed by atoms with E-state index in [-0.39, 0.29) is 23.0 Å². The van der Waals surface area contributed by atoms with Crippen molar-refractivity contribution < 1.29 is 24.0 Å². The molecule has 44 heavy (non-hydrogen) atoms.